The Morgan fingerprint density at radius 1 is 1.06 bits per heavy atom. The molecule has 2 aromatic carbocycles. The van der Waals surface area contributed by atoms with Gasteiger partial charge in [-0.3, -0.25) is 24.3 Å². The molecule has 3 N–H and O–H groups in total. The van der Waals surface area contributed by atoms with Gasteiger partial charge in [-0.25, -0.2) is 5.84 Å². The van der Waals surface area contributed by atoms with E-state index < -0.39 is 23.6 Å². The van der Waals surface area contributed by atoms with Gasteiger partial charge in [0.05, 0.1) is 16.8 Å². The molecule has 0 atom stereocenters. The predicted molar refractivity (Wildman–Crippen MR) is 121 cm³/mol. The van der Waals surface area contributed by atoms with E-state index in [-0.39, 0.29) is 41.4 Å². The van der Waals surface area contributed by atoms with Gasteiger partial charge in [-0.1, -0.05) is 12.1 Å². The van der Waals surface area contributed by atoms with E-state index in [9.17, 15) is 27.6 Å². The summed E-state index contributed by atoms with van der Waals surface area (Å²) in [5.74, 6) is 4.50. The van der Waals surface area contributed by atoms with Gasteiger partial charge in [0, 0.05) is 36.8 Å². The number of aryl methyl sites for hydroxylation is 2. The van der Waals surface area contributed by atoms with E-state index >= 15 is 0 Å². The summed E-state index contributed by atoms with van der Waals surface area (Å²) in [4.78, 5) is 38.3. The van der Waals surface area contributed by atoms with E-state index in [0.717, 1.165) is 28.3 Å². The van der Waals surface area contributed by atoms with Crippen molar-refractivity contribution in [1.82, 2.24) is 10.3 Å². The average Bonchev–Trinajstić information content (AvgIpc) is 3.01. The van der Waals surface area contributed by atoms with Crippen LogP contribution in [0.3, 0.4) is 0 Å². The van der Waals surface area contributed by atoms with Gasteiger partial charge in [-0.15, -0.1) is 0 Å². The van der Waals surface area contributed by atoms with Crippen LogP contribution in [0.25, 0.3) is 5.57 Å². The zero-order chi connectivity index (χ0) is 25.4. The second kappa shape index (κ2) is 9.30. The van der Waals surface area contributed by atoms with Gasteiger partial charge in [0.15, 0.2) is 0 Å². The molecular weight excluding hydrogens is 449 g/mol. The van der Waals surface area contributed by atoms with Crippen molar-refractivity contribution in [1.29, 1.82) is 0 Å². The van der Waals surface area contributed by atoms with Crippen LogP contribution in [0.5, 0.6) is 0 Å². The fourth-order valence-corrected chi connectivity index (χ4v) is 3.90. The lowest BCUT2D eigenvalue weighted by Crippen LogP contribution is -2.39. The third-order valence-corrected chi connectivity index (χ3v) is 5.42. The summed E-state index contributed by atoms with van der Waals surface area (Å²) < 4.78 is 40.4. The first-order chi connectivity index (χ1) is 15.8. The van der Waals surface area contributed by atoms with Gasteiger partial charge >= 0.3 is 6.18 Å². The lowest BCUT2D eigenvalue weighted by atomic mass is 10.0. The first-order valence-electron chi connectivity index (χ1n) is 10.5. The smallest absolute Gasteiger partial charge is 0.356 e. The maximum absolute atomic E-state index is 13.6. The Bertz CT molecular complexity index is 1180. The highest BCUT2D eigenvalue weighted by Gasteiger charge is 2.39. The number of allylic oxidation sites excluding steroid dienone is 1. The van der Waals surface area contributed by atoms with Gasteiger partial charge in [-0.2, -0.15) is 13.2 Å². The first-order valence-corrected chi connectivity index (χ1v) is 10.5. The van der Waals surface area contributed by atoms with E-state index in [1.165, 1.54) is 24.8 Å². The molecule has 180 valence electrons. The largest absolute Gasteiger partial charge is 0.416 e. The van der Waals surface area contributed by atoms with E-state index in [1.54, 1.807) is 12.1 Å². The highest BCUT2D eigenvalue weighted by atomic mass is 19.4. The molecule has 0 aromatic heterocycles. The van der Waals surface area contributed by atoms with Gasteiger partial charge in [-0.05, 0) is 56.2 Å². The highest BCUT2D eigenvalue weighted by Crippen LogP contribution is 2.45. The normalized spacial score (nSPS) is 14.7. The summed E-state index contributed by atoms with van der Waals surface area (Å²) in [5, 5.41) is 3.28. The van der Waals surface area contributed by atoms with Gasteiger partial charge in [0.1, 0.15) is 0 Å². The number of halogens is 3. The minimum Gasteiger partial charge on any atom is -0.356 e. The molecule has 0 aliphatic carbocycles. The molecule has 0 saturated carbocycles. The van der Waals surface area contributed by atoms with Crippen LogP contribution in [0.15, 0.2) is 42.1 Å². The Balaban J connectivity index is 2.12. The van der Waals surface area contributed by atoms with Crippen molar-refractivity contribution in [3.63, 3.8) is 0 Å². The second-order valence-corrected chi connectivity index (χ2v) is 8.17. The summed E-state index contributed by atoms with van der Waals surface area (Å²) in [6.07, 6.45) is -4.72. The summed E-state index contributed by atoms with van der Waals surface area (Å²) >= 11 is 0. The molecule has 1 heterocycles. The van der Waals surface area contributed by atoms with E-state index in [1.807, 2.05) is 19.9 Å². The Morgan fingerprint density at radius 3 is 2.24 bits per heavy atom. The molecule has 2 aromatic rings. The number of nitrogens with two attached hydrogens (primary N) is 1. The monoisotopic (exact) mass is 474 g/mol. The van der Waals surface area contributed by atoms with Crippen LogP contribution in [0.1, 0.15) is 42.5 Å². The molecule has 0 fully saturated rings. The van der Waals surface area contributed by atoms with Crippen LogP contribution >= 0.6 is 0 Å². The number of alkyl halides is 3. The molecule has 1 aliphatic rings. The zero-order valence-electron chi connectivity index (χ0n) is 19.2. The molecule has 0 saturated heterocycles. The van der Waals surface area contributed by atoms with E-state index in [4.69, 9.17) is 5.84 Å². The number of nitrogens with one attached hydrogen (secondary N) is 1. The minimum absolute atomic E-state index is 0.0262. The number of benzene rings is 2. The fourth-order valence-electron chi connectivity index (χ4n) is 3.90. The summed E-state index contributed by atoms with van der Waals surface area (Å²) in [6.45, 7) is 6.46. The predicted octanol–water partition coefficient (Wildman–Crippen LogP) is 3.96. The quantitative estimate of drug-likeness (QED) is 0.297. The lowest BCUT2D eigenvalue weighted by molar-refractivity contribution is -0.137. The molecule has 7 nitrogen and oxygen atoms in total. The molecule has 0 bridgehead atoms. The van der Waals surface area contributed by atoms with Crippen molar-refractivity contribution in [2.24, 2.45) is 5.84 Å². The van der Waals surface area contributed by atoms with Gasteiger partial charge < -0.3 is 5.32 Å². The Morgan fingerprint density at radius 2 is 1.68 bits per heavy atom. The van der Waals surface area contributed by atoms with Crippen LogP contribution in [0.2, 0.25) is 0 Å². The molecule has 1 aliphatic heterocycles. The molecule has 0 radical (unpaired) electrons. The topological polar surface area (TPSA) is 95.7 Å². The van der Waals surface area contributed by atoms with Crippen molar-refractivity contribution in [3.05, 3.63) is 64.3 Å². The highest BCUT2D eigenvalue weighted by molar-refractivity contribution is 6.35. The average molecular weight is 474 g/mol. The first kappa shape index (κ1) is 25.0. The molecular formula is C24H25F3N4O3. The number of fused-ring (bicyclic) bond motifs is 1. The molecule has 3 amide bonds. The van der Waals surface area contributed by atoms with Crippen molar-refractivity contribution in [2.45, 2.75) is 40.3 Å². The van der Waals surface area contributed by atoms with Crippen molar-refractivity contribution in [2.75, 3.05) is 11.4 Å². The van der Waals surface area contributed by atoms with Crippen LogP contribution in [-0.2, 0) is 20.6 Å². The van der Waals surface area contributed by atoms with Crippen molar-refractivity contribution >= 4 is 34.7 Å². The third-order valence-electron chi connectivity index (χ3n) is 5.42. The number of rotatable bonds is 5. The standard InChI is InChI=1S/C24H25F3N4O3/c1-13-9-14(2)11-18(10-13)30-20-12-17(24(25,26)27)5-6-19(20)22(23(30)34)15(3)31(28)21(33)7-8-29-16(4)32/h5-6,9-12H,7-8,28H2,1-4H3,(H,29,32)/b22-15-. The van der Waals surface area contributed by atoms with Gasteiger partial charge in [0.2, 0.25) is 11.8 Å². The molecule has 10 heteroatoms. The van der Waals surface area contributed by atoms with Gasteiger partial charge in [0.25, 0.3) is 5.91 Å². The van der Waals surface area contributed by atoms with Crippen molar-refractivity contribution < 1.29 is 27.6 Å². The van der Waals surface area contributed by atoms with Crippen LogP contribution in [0, 0.1) is 13.8 Å². The molecule has 0 spiro atoms. The Labute approximate surface area is 195 Å². The third kappa shape index (κ3) is 4.96. The number of nitrogens with zero attached hydrogens (tertiary/aromatic N) is 2. The second-order valence-electron chi connectivity index (χ2n) is 8.17. The lowest BCUT2D eigenvalue weighted by Gasteiger charge is -2.21. The molecule has 0 unspecified atom stereocenters. The fraction of sp³-hybridized carbons (Fsp3) is 0.292. The van der Waals surface area contributed by atoms with E-state index in [2.05, 4.69) is 5.32 Å². The maximum Gasteiger partial charge on any atom is 0.416 e. The Kier molecular flexibility index (Phi) is 6.83. The number of carbonyl (C=O) groups is 3. The number of hydrogen-bond donors (Lipinski definition) is 2. The number of carbonyl (C=O) groups excluding carboxylic acids is 3. The minimum atomic E-state index is -4.60. The van der Waals surface area contributed by atoms with Crippen LogP contribution in [-0.4, -0.2) is 29.3 Å². The zero-order valence-corrected chi connectivity index (χ0v) is 19.2. The summed E-state index contributed by atoms with van der Waals surface area (Å²) in [5.41, 5.74) is 1.58. The summed E-state index contributed by atoms with van der Waals surface area (Å²) in [7, 11) is 0. The van der Waals surface area contributed by atoms with Crippen LogP contribution in [0.4, 0.5) is 24.5 Å². The Hall–Kier alpha value is -3.66. The van der Waals surface area contributed by atoms with E-state index in [0.29, 0.717) is 5.69 Å². The maximum atomic E-state index is 13.6. The van der Waals surface area contributed by atoms with Crippen LogP contribution < -0.4 is 16.1 Å². The molecule has 34 heavy (non-hydrogen) atoms. The van der Waals surface area contributed by atoms with Crippen molar-refractivity contribution in [3.8, 4) is 0 Å². The number of hydrazine groups is 1. The SMILES string of the molecule is CC(=O)NCCC(=O)N(N)/C(C)=C1\C(=O)N(c2cc(C)cc(C)c2)c2cc(C(F)(F)F)ccc21. The molecule has 3 rings (SSSR count). The summed E-state index contributed by atoms with van der Waals surface area (Å²) in [6, 6.07) is 8.31. The number of anilines is 2. The number of amides is 3. The number of hydrogen-bond acceptors (Lipinski definition) is 4.